The van der Waals surface area contributed by atoms with Crippen molar-refractivity contribution in [1.82, 2.24) is 10.7 Å². The minimum Gasteiger partial charge on any atom is -0.343 e. The zero-order valence-electron chi connectivity index (χ0n) is 12.9. The maximum atomic E-state index is 11.8. The molecule has 2 aromatic carbocycles. The van der Waals surface area contributed by atoms with E-state index in [4.69, 9.17) is 0 Å². The predicted octanol–water partition coefficient (Wildman–Crippen LogP) is 1.98. The maximum absolute atomic E-state index is 11.8. The molecule has 2 N–H and O–H groups in total. The van der Waals surface area contributed by atoms with Crippen molar-refractivity contribution in [3.05, 3.63) is 72.3 Å². The van der Waals surface area contributed by atoms with Crippen LogP contribution in [0.5, 0.6) is 0 Å². The molecule has 2 rings (SSSR count). The monoisotopic (exact) mass is 309 g/mol. The first-order valence-corrected chi connectivity index (χ1v) is 7.24. The normalized spacial score (nSPS) is 10.3. The fourth-order valence-corrected chi connectivity index (χ4v) is 1.91. The fourth-order valence-electron chi connectivity index (χ4n) is 1.91. The predicted molar refractivity (Wildman–Crippen MR) is 91.5 cm³/mol. The fraction of sp³-hybridized carbons (Fsp3) is 0.111. The minimum atomic E-state index is -0.314. The van der Waals surface area contributed by atoms with Crippen LogP contribution in [0.1, 0.15) is 5.56 Å². The lowest BCUT2D eigenvalue weighted by molar-refractivity contribution is -0.124. The number of hydrazine groups is 1. The van der Waals surface area contributed by atoms with E-state index in [1.807, 2.05) is 60.7 Å². The van der Waals surface area contributed by atoms with Gasteiger partial charge in [0.25, 0.3) is 5.91 Å². The van der Waals surface area contributed by atoms with Crippen molar-refractivity contribution in [2.75, 3.05) is 18.6 Å². The second-order valence-electron chi connectivity index (χ2n) is 4.89. The van der Waals surface area contributed by atoms with Crippen LogP contribution in [0.2, 0.25) is 0 Å². The Balaban J connectivity index is 1.76. The molecule has 2 amide bonds. The van der Waals surface area contributed by atoms with Crippen molar-refractivity contribution in [3.8, 4) is 0 Å². The zero-order valence-corrected chi connectivity index (χ0v) is 12.9. The van der Waals surface area contributed by atoms with Gasteiger partial charge in [-0.3, -0.25) is 20.0 Å². The van der Waals surface area contributed by atoms with E-state index in [9.17, 15) is 9.59 Å². The van der Waals surface area contributed by atoms with Gasteiger partial charge in [0.2, 0.25) is 5.91 Å². The summed E-state index contributed by atoms with van der Waals surface area (Å²) >= 11 is 0. The third-order valence-electron chi connectivity index (χ3n) is 3.09. The number of hydrogen-bond donors (Lipinski definition) is 2. The molecule has 0 atom stereocenters. The Hall–Kier alpha value is -3.08. The van der Waals surface area contributed by atoms with Crippen LogP contribution in [-0.4, -0.2) is 25.4 Å². The highest BCUT2D eigenvalue weighted by Crippen LogP contribution is 2.07. The van der Waals surface area contributed by atoms with E-state index in [2.05, 4.69) is 10.7 Å². The van der Waals surface area contributed by atoms with Crippen molar-refractivity contribution in [1.29, 1.82) is 0 Å². The average molecular weight is 309 g/mol. The van der Waals surface area contributed by atoms with Gasteiger partial charge in [-0.1, -0.05) is 48.5 Å². The molecular formula is C18H19N3O2. The molecular weight excluding hydrogens is 290 g/mol. The van der Waals surface area contributed by atoms with Crippen LogP contribution in [0.15, 0.2) is 66.7 Å². The van der Waals surface area contributed by atoms with Crippen molar-refractivity contribution in [2.45, 2.75) is 0 Å². The third-order valence-corrected chi connectivity index (χ3v) is 3.09. The molecule has 0 radical (unpaired) electrons. The summed E-state index contributed by atoms with van der Waals surface area (Å²) in [5.74, 6) is -0.607. The Morgan fingerprint density at radius 1 is 1.00 bits per heavy atom. The Morgan fingerprint density at radius 2 is 1.61 bits per heavy atom. The van der Waals surface area contributed by atoms with E-state index >= 15 is 0 Å². The first-order chi connectivity index (χ1) is 11.1. The van der Waals surface area contributed by atoms with Gasteiger partial charge in [-0.2, -0.15) is 0 Å². The Kier molecular flexibility index (Phi) is 5.94. The van der Waals surface area contributed by atoms with E-state index < -0.39 is 0 Å². The summed E-state index contributed by atoms with van der Waals surface area (Å²) in [6, 6.07) is 18.9. The molecule has 0 unspecified atom stereocenters. The van der Waals surface area contributed by atoms with Crippen molar-refractivity contribution < 1.29 is 9.59 Å². The largest absolute Gasteiger partial charge is 0.343 e. The molecule has 0 aromatic heterocycles. The van der Waals surface area contributed by atoms with Gasteiger partial charge in [0.1, 0.15) is 0 Å². The van der Waals surface area contributed by atoms with Gasteiger partial charge in [0.15, 0.2) is 0 Å². The molecule has 0 heterocycles. The summed E-state index contributed by atoms with van der Waals surface area (Å²) in [4.78, 5) is 23.5. The van der Waals surface area contributed by atoms with Crippen LogP contribution in [0.25, 0.3) is 6.08 Å². The molecule has 0 aliphatic heterocycles. The summed E-state index contributed by atoms with van der Waals surface area (Å²) in [5.41, 5.74) is 4.47. The van der Waals surface area contributed by atoms with Gasteiger partial charge >= 0.3 is 0 Å². The van der Waals surface area contributed by atoms with Crippen molar-refractivity contribution in [2.24, 2.45) is 0 Å². The molecule has 2 aromatic rings. The Morgan fingerprint density at radius 3 is 2.26 bits per heavy atom. The highest BCUT2D eigenvalue weighted by molar-refractivity contribution is 5.94. The molecule has 5 nitrogen and oxygen atoms in total. The molecule has 0 bridgehead atoms. The summed E-state index contributed by atoms with van der Waals surface area (Å²) in [6.45, 7) is -0.0882. The number of amides is 2. The molecule has 0 saturated heterocycles. The van der Waals surface area contributed by atoms with Gasteiger partial charge in [0, 0.05) is 13.1 Å². The molecule has 0 fully saturated rings. The van der Waals surface area contributed by atoms with Gasteiger partial charge in [-0.05, 0) is 23.8 Å². The smallest absolute Gasteiger partial charge is 0.257 e. The highest BCUT2D eigenvalue weighted by Gasteiger charge is 2.06. The average Bonchev–Trinajstić information content (AvgIpc) is 2.60. The topological polar surface area (TPSA) is 61.4 Å². The number of hydrogen-bond acceptors (Lipinski definition) is 3. The van der Waals surface area contributed by atoms with E-state index in [0.717, 1.165) is 11.3 Å². The second kappa shape index (κ2) is 8.38. The number of nitrogens with zero attached hydrogens (tertiary/aromatic N) is 1. The maximum Gasteiger partial charge on any atom is 0.257 e. The summed E-state index contributed by atoms with van der Waals surface area (Å²) in [6.07, 6.45) is 3.10. The number of benzene rings is 2. The highest BCUT2D eigenvalue weighted by atomic mass is 16.2. The lowest BCUT2D eigenvalue weighted by Gasteiger charge is -2.20. The summed E-state index contributed by atoms with van der Waals surface area (Å²) < 4.78 is 0. The van der Waals surface area contributed by atoms with Crippen LogP contribution in [0.3, 0.4) is 0 Å². The van der Waals surface area contributed by atoms with Crippen molar-refractivity contribution >= 4 is 23.6 Å². The molecule has 0 aliphatic carbocycles. The molecule has 118 valence electrons. The van der Waals surface area contributed by atoms with Crippen LogP contribution in [-0.2, 0) is 9.59 Å². The Bertz CT molecular complexity index is 669. The van der Waals surface area contributed by atoms with Gasteiger partial charge in [-0.15, -0.1) is 0 Å². The van der Waals surface area contributed by atoms with Crippen LogP contribution < -0.4 is 15.8 Å². The molecule has 0 saturated carbocycles. The number of carbonyl (C=O) groups is 2. The van der Waals surface area contributed by atoms with Gasteiger partial charge in [-0.25, -0.2) is 0 Å². The van der Waals surface area contributed by atoms with Crippen LogP contribution in [0, 0.1) is 0 Å². The van der Waals surface area contributed by atoms with Gasteiger partial charge < -0.3 is 5.32 Å². The number of anilines is 1. The van der Waals surface area contributed by atoms with E-state index in [1.165, 1.54) is 6.08 Å². The molecule has 5 heteroatoms. The standard InChI is InChI=1S/C18H19N3O2/c1-21(16-10-6-3-7-11-16)20-18(23)14-19-17(22)13-12-15-8-4-2-5-9-15/h2-13H,14H2,1H3,(H,19,22)(H,20,23)/b13-12+. The lowest BCUT2D eigenvalue weighted by atomic mass is 10.2. The third kappa shape index (κ3) is 5.67. The molecule has 0 spiro atoms. The SMILES string of the molecule is CN(NC(=O)CNC(=O)/C=C/c1ccccc1)c1ccccc1. The number of rotatable bonds is 6. The van der Waals surface area contributed by atoms with Gasteiger partial charge in [0.05, 0.1) is 12.2 Å². The van der Waals surface area contributed by atoms with E-state index in [1.54, 1.807) is 18.1 Å². The summed E-state index contributed by atoms with van der Waals surface area (Å²) in [5, 5.41) is 4.15. The zero-order chi connectivity index (χ0) is 16.5. The number of para-hydroxylation sites is 1. The van der Waals surface area contributed by atoms with Crippen molar-refractivity contribution in [3.63, 3.8) is 0 Å². The Labute approximate surface area is 135 Å². The number of nitrogens with one attached hydrogen (secondary N) is 2. The first kappa shape index (κ1) is 16.3. The van der Waals surface area contributed by atoms with Crippen LogP contribution in [0.4, 0.5) is 5.69 Å². The first-order valence-electron chi connectivity index (χ1n) is 7.24. The quantitative estimate of drug-likeness (QED) is 0.633. The summed E-state index contributed by atoms with van der Waals surface area (Å²) in [7, 11) is 1.74. The van der Waals surface area contributed by atoms with Crippen LogP contribution >= 0.6 is 0 Å². The molecule has 23 heavy (non-hydrogen) atoms. The lowest BCUT2D eigenvalue weighted by Crippen LogP contribution is -2.44. The second-order valence-corrected chi connectivity index (χ2v) is 4.89. The minimum absolute atomic E-state index is 0.0882. The van der Waals surface area contributed by atoms with E-state index in [-0.39, 0.29) is 18.4 Å². The van der Waals surface area contributed by atoms with E-state index in [0.29, 0.717) is 0 Å². The molecule has 0 aliphatic rings. The number of carbonyl (C=O) groups excluding carboxylic acids is 2.